The molecule has 0 amide bonds. The number of hydrogen-bond acceptors (Lipinski definition) is 6. The summed E-state index contributed by atoms with van der Waals surface area (Å²) < 4.78 is 33.9. The summed E-state index contributed by atoms with van der Waals surface area (Å²) in [5.41, 5.74) is 0.869. The number of aryl methyl sites for hydroxylation is 1. The Hall–Kier alpha value is -1.89. The van der Waals surface area contributed by atoms with E-state index in [4.69, 9.17) is 9.26 Å². The quantitative estimate of drug-likeness (QED) is 0.726. The van der Waals surface area contributed by atoms with Crippen LogP contribution in [0.2, 0.25) is 0 Å². The second kappa shape index (κ2) is 7.79. The number of aromatic nitrogens is 2. The van der Waals surface area contributed by atoms with Crippen LogP contribution in [0.1, 0.15) is 44.0 Å². The number of rotatable bonds is 8. The number of sulfone groups is 1. The molecule has 0 radical (unpaired) electrons. The van der Waals surface area contributed by atoms with Crippen LogP contribution < -0.4 is 4.74 Å². The van der Waals surface area contributed by atoms with Crippen LogP contribution in [-0.2, 0) is 22.7 Å². The van der Waals surface area contributed by atoms with E-state index < -0.39 is 9.84 Å². The summed E-state index contributed by atoms with van der Waals surface area (Å²) in [5.74, 6) is 2.22. The van der Waals surface area contributed by atoms with Crippen LogP contribution in [0.15, 0.2) is 27.6 Å². The number of hydrogen-bond donors (Lipinski definition) is 0. The van der Waals surface area contributed by atoms with Gasteiger partial charge in [0.1, 0.15) is 10.6 Å². The summed E-state index contributed by atoms with van der Waals surface area (Å²) in [6.07, 6.45) is 4.56. The molecule has 0 spiro atoms. The van der Waals surface area contributed by atoms with Crippen molar-refractivity contribution < 1.29 is 17.7 Å². The first-order valence-electron chi connectivity index (χ1n) is 7.98. The van der Waals surface area contributed by atoms with Crippen molar-refractivity contribution in [2.24, 2.45) is 5.92 Å². The van der Waals surface area contributed by atoms with Crippen molar-refractivity contribution in [3.05, 3.63) is 35.5 Å². The van der Waals surface area contributed by atoms with E-state index in [9.17, 15) is 8.42 Å². The summed E-state index contributed by atoms with van der Waals surface area (Å²) in [6, 6.07) is 4.99. The van der Waals surface area contributed by atoms with E-state index in [2.05, 4.69) is 24.0 Å². The SMILES string of the molecule is COc1cc(Cc2noc(CCCC(C)C)n2)ccc1S(C)(=O)=O. The third kappa shape index (κ3) is 5.06. The monoisotopic (exact) mass is 352 g/mol. The third-order valence-electron chi connectivity index (χ3n) is 3.67. The molecule has 0 aliphatic carbocycles. The predicted octanol–water partition coefficient (Wildman–Crippen LogP) is 3.05. The van der Waals surface area contributed by atoms with E-state index in [1.165, 1.54) is 7.11 Å². The van der Waals surface area contributed by atoms with Gasteiger partial charge in [-0.05, 0) is 30.0 Å². The van der Waals surface area contributed by atoms with Gasteiger partial charge in [0, 0.05) is 19.1 Å². The molecular weight excluding hydrogens is 328 g/mol. The second-order valence-electron chi connectivity index (χ2n) is 6.32. The summed E-state index contributed by atoms with van der Waals surface area (Å²) in [5, 5.41) is 3.99. The fourth-order valence-electron chi connectivity index (χ4n) is 2.44. The Balaban J connectivity index is 2.07. The standard InChI is InChI=1S/C17H24N2O4S/c1-12(2)6-5-7-17-18-16(19-23-17)11-13-8-9-15(24(4,20)21)14(10-13)22-3/h8-10,12H,5-7,11H2,1-4H3. The molecule has 6 nitrogen and oxygen atoms in total. The molecule has 0 N–H and O–H groups in total. The van der Waals surface area contributed by atoms with Crippen LogP contribution in [0.3, 0.4) is 0 Å². The lowest BCUT2D eigenvalue weighted by Gasteiger charge is -2.08. The van der Waals surface area contributed by atoms with Gasteiger partial charge in [0.25, 0.3) is 0 Å². The fourth-order valence-corrected chi connectivity index (χ4v) is 3.26. The first kappa shape index (κ1) is 18.4. The molecule has 0 atom stereocenters. The lowest BCUT2D eigenvalue weighted by Crippen LogP contribution is -2.02. The van der Waals surface area contributed by atoms with Gasteiger partial charge in [-0.1, -0.05) is 31.5 Å². The molecule has 1 aromatic carbocycles. The molecule has 24 heavy (non-hydrogen) atoms. The van der Waals surface area contributed by atoms with Crippen molar-refractivity contribution in [1.29, 1.82) is 0 Å². The lowest BCUT2D eigenvalue weighted by molar-refractivity contribution is 0.366. The van der Waals surface area contributed by atoms with Crippen molar-refractivity contribution in [3.8, 4) is 5.75 Å². The Bertz CT molecular complexity index is 782. The Morgan fingerprint density at radius 3 is 2.67 bits per heavy atom. The highest BCUT2D eigenvalue weighted by molar-refractivity contribution is 7.90. The molecule has 0 fully saturated rings. The van der Waals surface area contributed by atoms with Crippen LogP contribution in [0.25, 0.3) is 0 Å². The Labute approximate surface area is 143 Å². The summed E-state index contributed by atoms with van der Waals surface area (Å²) in [4.78, 5) is 4.57. The molecule has 1 aromatic heterocycles. The molecule has 0 aliphatic rings. The summed E-state index contributed by atoms with van der Waals surface area (Å²) in [6.45, 7) is 4.37. The number of benzene rings is 1. The average molecular weight is 352 g/mol. The zero-order chi connectivity index (χ0) is 17.7. The summed E-state index contributed by atoms with van der Waals surface area (Å²) >= 11 is 0. The van der Waals surface area contributed by atoms with Crippen LogP contribution in [0.4, 0.5) is 0 Å². The smallest absolute Gasteiger partial charge is 0.226 e. The largest absolute Gasteiger partial charge is 0.495 e. The second-order valence-corrected chi connectivity index (χ2v) is 8.31. The Morgan fingerprint density at radius 2 is 2.04 bits per heavy atom. The van der Waals surface area contributed by atoms with Gasteiger partial charge in [-0.15, -0.1) is 0 Å². The van der Waals surface area contributed by atoms with E-state index in [0.29, 0.717) is 29.8 Å². The maximum atomic E-state index is 11.7. The topological polar surface area (TPSA) is 82.3 Å². The van der Waals surface area contributed by atoms with Gasteiger partial charge in [-0.3, -0.25) is 0 Å². The van der Waals surface area contributed by atoms with E-state index in [-0.39, 0.29) is 4.90 Å². The molecular formula is C17H24N2O4S. The molecule has 0 bridgehead atoms. The van der Waals surface area contributed by atoms with Crippen molar-refractivity contribution in [2.75, 3.05) is 13.4 Å². The highest BCUT2D eigenvalue weighted by atomic mass is 32.2. The predicted molar refractivity (Wildman–Crippen MR) is 91.0 cm³/mol. The Morgan fingerprint density at radius 1 is 1.29 bits per heavy atom. The minimum Gasteiger partial charge on any atom is -0.495 e. The fraction of sp³-hybridized carbons (Fsp3) is 0.529. The molecule has 2 aromatic rings. The van der Waals surface area contributed by atoms with Crippen molar-refractivity contribution in [1.82, 2.24) is 10.1 Å². The highest BCUT2D eigenvalue weighted by Crippen LogP contribution is 2.25. The van der Waals surface area contributed by atoms with Gasteiger partial charge < -0.3 is 9.26 Å². The van der Waals surface area contributed by atoms with Gasteiger partial charge in [0.15, 0.2) is 15.7 Å². The number of nitrogens with zero attached hydrogens (tertiary/aromatic N) is 2. The molecule has 0 saturated heterocycles. The van der Waals surface area contributed by atoms with Gasteiger partial charge in [-0.2, -0.15) is 4.98 Å². The van der Waals surface area contributed by atoms with Crippen LogP contribution in [-0.4, -0.2) is 31.9 Å². The van der Waals surface area contributed by atoms with Gasteiger partial charge >= 0.3 is 0 Å². The zero-order valence-electron chi connectivity index (χ0n) is 14.6. The molecule has 0 aliphatic heterocycles. The zero-order valence-corrected chi connectivity index (χ0v) is 15.4. The first-order chi connectivity index (χ1) is 11.3. The Kier molecular flexibility index (Phi) is 5.99. The first-order valence-corrected chi connectivity index (χ1v) is 9.87. The maximum Gasteiger partial charge on any atom is 0.226 e. The average Bonchev–Trinajstić information content (AvgIpc) is 2.93. The third-order valence-corrected chi connectivity index (χ3v) is 4.81. The minimum absolute atomic E-state index is 0.177. The molecule has 1 heterocycles. The van der Waals surface area contributed by atoms with E-state index in [1.54, 1.807) is 18.2 Å². The van der Waals surface area contributed by atoms with Gasteiger partial charge in [0.05, 0.1) is 7.11 Å². The van der Waals surface area contributed by atoms with E-state index in [0.717, 1.165) is 31.1 Å². The van der Waals surface area contributed by atoms with Crippen molar-refractivity contribution >= 4 is 9.84 Å². The van der Waals surface area contributed by atoms with E-state index >= 15 is 0 Å². The molecule has 7 heteroatoms. The van der Waals surface area contributed by atoms with Crippen LogP contribution in [0, 0.1) is 5.92 Å². The maximum absolute atomic E-state index is 11.7. The summed E-state index contributed by atoms with van der Waals surface area (Å²) in [7, 11) is -1.87. The number of ether oxygens (including phenoxy) is 1. The van der Waals surface area contributed by atoms with Crippen LogP contribution in [0.5, 0.6) is 5.75 Å². The minimum atomic E-state index is -3.32. The van der Waals surface area contributed by atoms with Gasteiger partial charge in [0.2, 0.25) is 5.89 Å². The van der Waals surface area contributed by atoms with Crippen molar-refractivity contribution in [2.45, 2.75) is 44.4 Å². The number of methoxy groups -OCH3 is 1. The lowest BCUT2D eigenvalue weighted by atomic mass is 10.1. The van der Waals surface area contributed by atoms with Crippen molar-refractivity contribution in [3.63, 3.8) is 0 Å². The molecule has 0 saturated carbocycles. The molecule has 2 rings (SSSR count). The van der Waals surface area contributed by atoms with Crippen LogP contribution >= 0.6 is 0 Å². The van der Waals surface area contributed by atoms with E-state index in [1.807, 2.05) is 0 Å². The normalized spacial score (nSPS) is 11.9. The molecule has 0 unspecified atom stereocenters. The van der Waals surface area contributed by atoms with Gasteiger partial charge in [-0.25, -0.2) is 8.42 Å². The molecule has 132 valence electrons. The highest BCUT2D eigenvalue weighted by Gasteiger charge is 2.15.